The van der Waals surface area contributed by atoms with Crippen molar-refractivity contribution in [3.8, 4) is 0 Å². The van der Waals surface area contributed by atoms with Gasteiger partial charge >= 0.3 is 0 Å². The first-order chi connectivity index (χ1) is 14.3. The van der Waals surface area contributed by atoms with Crippen LogP contribution in [0.15, 0.2) is 53.4 Å². The Hall–Kier alpha value is -3.09. The number of carbonyl (C=O) groups is 1. The van der Waals surface area contributed by atoms with Crippen LogP contribution < -0.4 is 10.0 Å². The van der Waals surface area contributed by atoms with Crippen molar-refractivity contribution in [1.29, 1.82) is 0 Å². The van der Waals surface area contributed by atoms with Crippen LogP contribution in [0.1, 0.15) is 15.4 Å². The van der Waals surface area contributed by atoms with Crippen LogP contribution in [0.25, 0.3) is 0 Å². The van der Waals surface area contributed by atoms with Crippen molar-refractivity contribution in [1.82, 2.24) is 15.5 Å². The Labute approximate surface area is 180 Å². The molecule has 2 aromatic carbocycles. The SMILES string of the molecule is O=C(NCCc1nnc(NS(=O)(=O)c2ccc([N+](=O)[O-])cc2)s1)c1ccccc1Cl. The fourth-order valence-electron chi connectivity index (χ4n) is 2.34. The highest BCUT2D eigenvalue weighted by Crippen LogP contribution is 2.22. The maximum Gasteiger partial charge on any atom is 0.269 e. The number of anilines is 1. The van der Waals surface area contributed by atoms with Crippen molar-refractivity contribution in [3.63, 3.8) is 0 Å². The van der Waals surface area contributed by atoms with Gasteiger partial charge in [0, 0.05) is 25.1 Å². The van der Waals surface area contributed by atoms with Gasteiger partial charge in [-0.3, -0.25) is 19.6 Å². The molecule has 30 heavy (non-hydrogen) atoms. The summed E-state index contributed by atoms with van der Waals surface area (Å²) in [7, 11) is -3.97. The molecule has 13 heteroatoms. The number of aromatic nitrogens is 2. The number of benzene rings is 2. The summed E-state index contributed by atoms with van der Waals surface area (Å²) in [5, 5.41) is 21.9. The lowest BCUT2D eigenvalue weighted by Gasteiger charge is -2.05. The van der Waals surface area contributed by atoms with Crippen molar-refractivity contribution in [2.75, 3.05) is 11.3 Å². The van der Waals surface area contributed by atoms with Gasteiger partial charge in [-0.1, -0.05) is 35.1 Å². The molecular formula is C17H14ClN5O5S2. The third kappa shape index (κ3) is 5.28. The maximum absolute atomic E-state index is 12.4. The summed E-state index contributed by atoms with van der Waals surface area (Å²) in [5.74, 6) is -0.329. The van der Waals surface area contributed by atoms with Gasteiger partial charge in [-0.15, -0.1) is 10.2 Å². The van der Waals surface area contributed by atoms with E-state index in [1.807, 2.05) is 0 Å². The second-order valence-corrected chi connectivity index (χ2v) is 8.99. The van der Waals surface area contributed by atoms with E-state index in [0.29, 0.717) is 22.0 Å². The zero-order chi connectivity index (χ0) is 21.7. The molecule has 0 bridgehead atoms. The summed E-state index contributed by atoms with van der Waals surface area (Å²) < 4.78 is 27.0. The molecule has 1 heterocycles. The van der Waals surface area contributed by atoms with Crippen LogP contribution >= 0.6 is 22.9 Å². The normalized spacial score (nSPS) is 11.1. The summed E-state index contributed by atoms with van der Waals surface area (Å²) in [6.45, 7) is 0.258. The molecule has 0 saturated carbocycles. The van der Waals surface area contributed by atoms with E-state index in [4.69, 9.17) is 11.6 Å². The molecule has 0 spiro atoms. The van der Waals surface area contributed by atoms with E-state index in [-0.39, 0.29) is 28.2 Å². The van der Waals surface area contributed by atoms with E-state index in [0.717, 1.165) is 35.6 Å². The summed E-state index contributed by atoms with van der Waals surface area (Å²) in [5.41, 5.74) is 0.138. The Morgan fingerprint density at radius 1 is 1.13 bits per heavy atom. The van der Waals surface area contributed by atoms with Gasteiger partial charge in [0.05, 0.1) is 20.4 Å². The first kappa shape index (κ1) is 21.6. The van der Waals surface area contributed by atoms with Gasteiger partial charge in [-0.05, 0) is 24.3 Å². The molecular weight excluding hydrogens is 454 g/mol. The van der Waals surface area contributed by atoms with Crippen LogP contribution in [0.4, 0.5) is 10.8 Å². The lowest BCUT2D eigenvalue weighted by molar-refractivity contribution is -0.384. The number of sulfonamides is 1. The van der Waals surface area contributed by atoms with Gasteiger partial charge in [-0.25, -0.2) is 8.42 Å². The first-order valence-corrected chi connectivity index (χ1v) is 11.1. The van der Waals surface area contributed by atoms with Crippen LogP contribution in [-0.2, 0) is 16.4 Å². The van der Waals surface area contributed by atoms with Gasteiger partial charge in [0.25, 0.3) is 21.6 Å². The highest BCUT2D eigenvalue weighted by Gasteiger charge is 2.18. The number of carbonyl (C=O) groups excluding carboxylic acids is 1. The minimum Gasteiger partial charge on any atom is -0.352 e. The zero-order valence-electron chi connectivity index (χ0n) is 15.1. The fourth-order valence-corrected chi connectivity index (χ4v) is 4.53. The first-order valence-electron chi connectivity index (χ1n) is 8.38. The largest absolute Gasteiger partial charge is 0.352 e. The van der Waals surface area contributed by atoms with Gasteiger partial charge < -0.3 is 5.32 Å². The van der Waals surface area contributed by atoms with Gasteiger partial charge in [0.15, 0.2) is 0 Å². The van der Waals surface area contributed by atoms with E-state index >= 15 is 0 Å². The third-order valence-electron chi connectivity index (χ3n) is 3.79. The average molecular weight is 468 g/mol. The van der Waals surface area contributed by atoms with Crippen molar-refractivity contribution in [2.24, 2.45) is 0 Å². The summed E-state index contributed by atoms with van der Waals surface area (Å²) in [4.78, 5) is 22.0. The molecule has 0 atom stereocenters. The second-order valence-electron chi connectivity index (χ2n) is 5.84. The van der Waals surface area contributed by atoms with E-state index in [9.17, 15) is 23.3 Å². The Balaban J connectivity index is 1.57. The number of amides is 1. The number of hydrogen-bond acceptors (Lipinski definition) is 8. The molecule has 2 N–H and O–H groups in total. The summed E-state index contributed by atoms with van der Waals surface area (Å²) >= 11 is 6.99. The van der Waals surface area contributed by atoms with Crippen molar-refractivity contribution >= 4 is 49.7 Å². The fraction of sp³-hybridized carbons (Fsp3) is 0.118. The average Bonchev–Trinajstić information content (AvgIpc) is 3.14. The number of nitro groups is 1. The lowest BCUT2D eigenvalue weighted by Crippen LogP contribution is -2.25. The highest BCUT2D eigenvalue weighted by molar-refractivity contribution is 7.93. The molecule has 0 aliphatic heterocycles. The molecule has 156 valence electrons. The predicted molar refractivity (Wildman–Crippen MR) is 111 cm³/mol. The van der Waals surface area contributed by atoms with Crippen LogP contribution in [0.2, 0.25) is 5.02 Å². The van der Waals surface area contributed by atoms with Crippen molar-refractivity contribution in [3.05, 3.63) is 74.2 Å². The molecule has 10 nitrogen and oxygen atoms in total. The Bertz CT molecular complexity index is 1180. The minimum absolute atomic E-state index is 0.0424. The van der Waals surface area contributed by atoms with E-state index < -0.39 is 14.9 Å². The highest BCUT2D eigenvalue weighted by atomic mass is 35.5. The summed E-state index contributed by atoms with van der Waals surface area (Å²) in [6.07, 6.45) is 0.340. The van der Waals surface area contributed by atoms with Gasteiger partial charge in [-0.2, -0.15) is 0 Å². The van der Waals surface area contributed by atoms with Crippen molar-refractivity contribution < 1.29 is 18.1 Å². The van der Waals surface area contributed by atoms with Crippen LogP contribution in [0, 0.1) is 10.1 Å². The number of hydrogen-bond donors (Lipinski definition) is 2. The Morgan fingerprint density at radius 3 is 2.50 bits per heavy atom. The number of rotatable bonds is 8. The lowest BCUT2D eigenvalue weighted by atomic mass is 10.2. The monoisotopic (exact) mass is 467 g/mol. The standard InChI is InChI=1S/C17H14ClN5O5S2/c18-14-4-2-1-3-13(14)16(24)19-10-9-15-20-21-17(29-15)22-30(27,28)12-7-5-11(6-8-12)23(25)26/h1-8H,9-10H2,(H,19,24)(H,21,22). The molecule has 0 aliphatic rings. The molecule has 1 aromatic heterocycles. The molecule has 1 amide bonds. The molecule has 0 radical (unpaired) electrons. The number of non-ortho nitro benzene ring substituents is 1. The second kappa shape index (κ2) is 9.15. The van der Waals surface area contributed by atoms with Crippen LogP contribution in [-0.4, -0.2) is 36.0 Å². The zero-order valence-corrected chi connectivity index (χ0v) is 17.5. The number of nitro benzene ring substituents is 1. The van der Waals surface area contributed by atoms with Gasteiger partial charge in [0.1, 0.15) is 5.01 Å². The van der Waals surface area contributed by atoms with E-state index in [1.54, 1.807) is 24.3 Å². The molecule has 0 aliphatic carbocycles. The van der Waals surface area contributed by atoms with E-state index in [1.165, 1.54) is 0 Å². The Kier molecular flexibility index (Phi) is 6.59. The third-order valence-corrected chi connectivity index (χ3v) is 6.50. The molecule has 3 rings (SSSR count). The molecule has 3 aromatic rings. The molecule has 0 unspecified atom stereocenters. The van der Waals surface area contributed by atoms with Gasteiger partial charge in [0.2, 0.25) is 5.13 Å². The van der Waals surface area contributed by atoms with E-state index in [2.05, 4.69) is 20.2 Å². The van der Waals surface area contributed by atoms with Crippen LogP contribution in [0.3, 0.4) is 0 Å². The quantitative estimate of drug-likeness (QED) is 0.382. The summed E-state index contributed by atoms with van der Waals surface area (Å²) in [6, 6.07) is 11.1. The predicted octanol–water partition coefficient (Wildman–Crippen LogP) is 2.87. The number of halogens is 1. The Morgan fingerprint density at radius 2 is 1.83 bits per heavy atom. The number of nitrogens with one attached hydrogen (secondary N) is 2. The topological polar surface area (TPSA) is 144 Å². The van der Waals surface area contributed by atoms with Crippen molar-refractivity contribution in [2.45, 2.75) is 11.3 Å². The number of nitrogens with zero attached hydrogens (tertiary/aromatic N) is 3. The smallest absolute Gasteiger partial charge is 0.269 e. The minimum atomic E-state index is -3.97. The maximum atomic E-state index is 12.4. The molecule has 0 fully saturated rings. The molecule has 0 saturated heterocycles. The van der Waals surface area contributed by atoms with Crippen LogP contribution in [0.5, 0.6) is 0 Å².